The molecule has 4 heteroatoms. The van der Waals surface area contributed by atoms with Crippen molar-refractivity contribution in [3.05, 3.63) is 0 Å². The highest BCUT2D eigenvalue weighted by atomic mass is 19.1. The van der Waals surface area contributed by atoms with Gasteiger partial charge in [-0.05, 0) is 132 Å². The van der Waals surface area contributed by atoms with Crippen LogP contribution in [0.25, 0.3) is 0 Å². The zero-order valence-corrected chi connectivity index (χ0v) is 51.6. The monoisotopic (exact) mass is 941 g/mol. The van der Waals surface area contributed by atoms with Crippen molar-refractivity contribution in [3.8, 4) is 0 Å². The lowest BCUT2D eigenvalue weighted by atomic mass is 9.93. The van der Waals surface area contributed by atoms with Crippen molar-refractivity contribution < 1.29 is 19.0 Å². The van der Waals surface area contributed by atoms with E-state index in [0.717, 1.165) is 79.4 Å². The summed E-state index contributed by atoms with van der Waals surface area (Å²) in [6.07, 6.45) is 18.2. The van der Waals surface area contributed by atoms with E-state index >= 15 is 0 Å². The molecule has 0 aromatic rings. The molecular weight excluding hydrogens is 803 g/mol. The van der Waals surface area contributed by atoms with Gasteiger partial charge in [-0.2, -0.15) is 0 Å². The smallest absolute Gasteiger partial charge is 0.0976 e. The summed E-state index contributed by atoms with van der Waals surface area (Å²) in [5.41, 5.74) is -0.732. The Kier molecular flexibility index (Phi) is 78.1. The van der Waals surface area contributed by atoms with Gasteiger partial charge in [0.15, 0.2) is 0 Å². The van der Waals surface area contributed by atoms with Gasteiger partial charge in [0.05, 0.1) is 23.5 Å². The number of alkyl halides is 2. The minimum atomic E-state index is -0.625. The van der Waals surface area contributed by atoms with Crippen LogP contribution in [0.2, 0.25) is 0 Å². The van der Waals surface area contributed by atoms with E-state index in [1.807, 2.05) is 55.4 Å². The van der Waals surface area contributed by atoms with E-state index in [1.165, 1.54) is 64.2 Å². The third kappa shape index (κ3) is 139. The average molecular weight is 942 g/mol. The predicted octanol–water partition coefficient (Wildman–Crippen LogP) is 22.4. The first kappa shape index (κ1) is 84.7. The number of hydrogen-bond donors (Lipinski definition) is 2. The zero-order chi connectivity index (χ0) is 53.9. The van der Waals surface area contributed by atoms with E-state index in [4.69, 9.17) is 0 Å². The van der Waals surface area contributed by atoms with Crippen LogP contribution in [-0.4, -0.2) is 33.8 Å². The first-order valence-corrected chi connectivity index (χ1v) is 28.2. The fourth-order valence-corrected chi connectivity index (χ4v) is 5.88. The molecule has 0 aliphatic heterocycles. The molecule has 65 heavy (non-hydrogen) atoms. The van der Waals surface area contributed by atoms with Crippen molar-refractivity contribution in [1.29, 1.82) is 0 Å². The van der Waals surface area contributed by atoms with E-state index in [0.29, 0.717) is 24.7 Å². The molecule has 2 unspecified atom stereocenters. The van der Waals surface area contributed by atoms with Crippen molar-refractivity contribution in [2.75, 3.05) is 0 Å². The van der Waals surface area contributed by atoms with Gasteiger partial charge in [-0.1, -0.05) is 244 Å². The van der Waals surface area contributed by atoms with Gasteiger partial charge in [-0.25, -0.2) is 8.78 Å². The molecule has 0 spiro atoms. The SMILES string of the molecule is CC.CC(C)C.CC(C)CC(C)C.CC(C)CC(C)F.CC(C)CC(C)F.CC(C)CCCC(C)(C)O.CC(C)CCCC1(O)CCCC1.CCC(C)C.CCC(C)C.CCCC(C)C. The molecule has 0 aromatic carbocycles. The Morgan fingerprint density at radius 3 is 0.846 bits per heavy atom. The third-order valence-electron chi connectivity index (χ3n) is 9.56. The lowest BCUT2D eigenvalue weighted by molar-refractivity contribution is 0.0355. The first-order valence-electron chi connectivity index (χ1n) is 28.2. The maximum Gasteiger partial charge on any atom is 0.0976 e. The second kappa shape index (κ2) is 59.9. The molecular formula is C61H138F2O2. The van der Waals surface area contributed by atoms with E-state index in [1.54, 1.807) is 13.8 Å². The maximum absolute atomic E-state index is 12.0. The van der Waals surface area contributed by atoms with Gasteiger partial charge >= 0.3 is 0 Å². The maximum atomic E-state index is 12.0. The van der Waals surface area contributed by atoms with E-state index in [-0.39, 0.29) is 5.60 Å². The highest BCUT2D eigenvalue weighted by Gasteiger charge is 2.30. The molecule has 408 valence electrons. The molecule has 1 saturated carbocycles. The molecule has 1 rings (SSSR count). The van der Waals surface area contributed by atoms with Gasteiger partial charge < -0.3 is 10.2 Å². The molecule has 0 bridgehead atoms. The van der Waals surface area contributed by atoms with E-state index < -0.39 is 17.9 Å². The van der Waals surface area contributed by atoms with Gasteiger partial charge in [0, 0.05) is 0 Å². The number of aliphatic hydroxyl groups is 2. The summed E-state index contributed by atoms with van der Waals surface area (Å²) >= 11 is 0. The second-order valence-corrected chi connectivity index (χ2v) is 24.2. The summed E-state index contributed by atoms with van der Waals surface area (Å²) in [6.45, 7) is 63.5. The summed E-state index contributed by atoms with van der Waals surface area (Å²) < 4.78 is 23.9. The number of rotatable bonds is 18. The summed E-state index contributed by atoms with van der Waals surface area (Å²) in [6, 6.07) is 0. The van der Waals surface area contributed by atoms with Crippen LogP contribution in [0.3, 0.4) is 0 Å². The van der Waals surface area contributed by atoms with Gasteiger partial charge in [0.1, 0.15) is 0 Å². The van der Waals surface area contributed by atoms with Crippen molar-refractivity contribution in [2.45, 2.75) is 340 Å². The lowest BCUT2D eigenvalue weighted by Gasteiger charge is -2.22. The van der Waals surface area contributed by atoms with Crippen LogP contribution in [0.1, 0.15) is 317 Å². The van der Waals surface area contributed by atoms with Crippen LogP contribution >= 0.6 is 0 Å². The topological polar surface area (TPSA) is 40.5 Å². The molecule has 0 radical (unpaired) electrons. The Labute approximate surface area is 417 Å². The minimum absolute atomic E-state index is 0.269. The zero-order valence-electron chi connectivity index (χ0n) is 51.6. The Balaban J connectivity index is -0.0000000787. The molecule has 0 heterocycles. The minimum Gasteiger partial charge on any atom is -0.390 e. The largest absolute Gasteiger partial charge is 0.390 e. The fraction of sp³-hybridized carbons (Fsp3) is 1.00. The first-order chi connectivity index (χ1) is 29.5. The van der Waals surface area contributed by atoms with Crippen LogP contribution in [-0.2, 0) is 0 Å². The standard InChI is InChI=1S/C11H22O.C9H20O.C7H16.2C6H13F.C6H14.2C5H12.C4H10.C2H6/c1-10(2)6-5-9-11(12)7-3-4-8-11;1-8(2)6-5-7-9(3,4)10;1-6(2)5-7(3)4;2*1-5(2)4-6(3)7;1-4-5-6(2)3;2*1-4-5(2)3;1-4(2)3;1-2/h10,12H,3-9H2,1-2H3;8,10H,5-7H2,1-4H3;6-7H,5H2,1-4H3;2*5-6H,4H2,1-3H3;6H,4-5H2,1-3H3;2*5H,4H2,1-3H3;4H,1-3H3;1-2H3. The van der Waals surface area contributed by atoms with Crippen LogP contribution in [0, 0.1) is 59.2 Å². The fourth-order valence-electron chi connectivity index (χ4n) is 5.88. The Morgan fingerprint density at radius 2 is 0.708 bits per heavy atom. The average Bonchev–Trinajstić information content (AvgIpc) is 3.54. The molecule has 0 aromatic heterocycles. The molecule has 1 aliphatic rings. The van der Waals surface area contributed by atoms with Gasteiger partial charge in [0.25, 0.3) is 0 Å². The molecule has 0 saturated heterocycles. The van der Waals surface area contributed by atoms with Gasteiger partial charge in [-0.15, -0.1) is 0 Å². The highest BCUT2D eigenvalue weighted by Crippen LogP contribution is 2.34. The lowest BCUT2D eigenvalue weighted by Crippen LogP contribution is -2.23. The summed E-state index contributed by atoms with van der Waals surface area (Å²) in [4.78, 5) is 0. The van der Waals surface area contributed by atoms with Gasteiger partial charge in [0.2, 0.25) is 0 Å². The van der Waals surface area contributed by atoms with Gasteiger partial charge in [-0.3, -0.25) is 0 Å². The highest BCUT2D eigenvalue weighted by molar-refractivity contribution is 4.83. The van der Waals surface area contributed by atoms with Crippen LogP contribution in [0.15, 0.2) is 0 Å². The molecule has 2 nitrogen and oxygen atoms in total. The molecule has 0 amide bonds. The molecule has 2 N–H and O–H groups in total. The molecule has 1 aliphatic carbocycles. The Morgan fingerprint density at radius 1 is 0.446 bits per heavy atom. The molecule has 1 fully saturated rings. The predicted molar refractivity (Wildman–Crippen MR) is 303 cm³/mol. The van der Waals surface area contributed by atoms with Crippen molar-refractivity contribution in [2.24, 2.45) is 59.2 Å². The number of hydrogen-bond acceptors (Lipinski definition) is 2. The second-order valence-electron chi connectivity index (χ2n) is 24.2. The Bertz CT molecular complexity index is 705. The Hall–Kier alpha value is -0.220. The van der Waals surface area contributed by atoms with E-state index in [9.17, 15) is 19.0 Å². The van der Waals surface area contributed by atoms with E-state index in [2.05, 4.69) is 138 Å². The van der Waals surface area contributed by atoms with Crippen molar-refractivity contribution in [1.82, 2.24) is 0 Å². The summed E-state index contributed by atoms with van der Waals surface area (Å²) in [5.74, 6) is 7.80. The summed E-state index contributed by atoms with van der Waals surface area (Å²) in [7, 11) is 0. The molecule has 2 atom stereocenters. The van der Waals surface area contributed by atoms with Crippen LogP contribution in [0.5, 0.6) is 0 Å². The normalized spacial score (nSPS) is 13.5. The summed E-state index contributed by atoms with van der Waals surface area (Å²) in [5, 5.41) is 19.3. The third-order valence-corrected chi connectivity index (χ3v) is 9.56. The quantitative estimate of drug-likeness (QED) is 0.144. The van der Waals surface area contributed by atoms with Crippen LogP contribution < -0.4 is 0 Å². The van der Waals surface area contributed by atoms with Crippen molar-refractivity contribution in [3.63, 3.8) is 0 Å². The number of halogens is 2. The van der Waals surface area contributed by atoms with Crippen molar-refractivity contribution >= 4 is 0 Å². The van der Waals surface area contributed by atoms with Crippen LogP contribution in [0.4, 0.5) is 8.78 Å².